The SMILES string of the molecule is NC(=O)C1CCCNC1Cc1cc(F)ccc1F. The molecule has 1 amide bonds. The Hall–Kier alpha value is -1.49. The Morgan fingerprint density at radius 2 is 2.22 bits per heavy atom. The Kier molecular flexibility index (Phi) is 3.91. The third-order valence-electron chi connectivity index (χ3n) is 3.40. The van der Waals surface area contributed by atoms with Gasteiger partial charge in [-0.3, -0.25) is 4.79 Å². The van der Waals surface area contributed by atoms with E-state index in [1.54, 1.807) is 0 Å². The molecule has 1 fully saturated rings. The van der Waals surface area contributed by atoms with Gasteiger partial charge >= 0.3 is 0 Å². The Labute approximate surface area is 104 Å². The molecule has 1 aromatic carbocycles. The lowest BCUT2D eigenvalue weighted by Gasteiger charge is -2.30. The Balaban J connectivity index is 2.15. The molecule has 1 aliphatic heterocycles. The van der Waals surface area contributed by atoms with Crippen LogP contribution in [0.3, 0.4) is 0 Å². The number of hydrogen-bond donors (Lipinski definition) is 2. The van der Waals surface area contributed by atoms with Gasteiger partial charge in [0.25, 0.3) is 0 Å². The second kappa shape index (κ2) is 5.44. The van der Waals surface area contributed by atoms with Gasteiger partial charge in [-0.2, -0.15) is 0 Å². The third kappa shape index (κ3) is 2.85. The van der Waals surface area contributed by atoms with Crippen LogP contribution in [-0.2, 0) is 11.2 Å². The predicted octanol–water partition coefficient (Wildman–Crippen LogP) is 1.36. The number of halogens is 2. The van der Waals surface area contributed by atoms with Crippen molar-refractivity contribution in [2.75, 3.05) is 6.54 Å². The van der Waals surface area contributed by atoms with E-state index in [-0.39, 0.29) is 29.9 Å². The van der Waals surface area contributed by atoms with Crippen LogP contribution in [-0.4, -0.2) is 18.5 Å². The zero-order valence-corrected chi connectivity index (χ0v) is 9.96. The molecule has 0 saturated carbocycles. The van der Waals surface area contributed by atoms with Gasteiger partial charge in [0, 0.05) is 6.04 Å². The van der Waals surface area contributed by atoms with E-state index in [0.717, 1.165) is 25.1 Å². The van der Waals surface area contributed by atoms with E-state index in [1.807, 2.05) is 0 Å². The summed E-state index contributed by atoms with van der Waals surface area (Å²) < 4.78 is 26.6. The Morgan fingerprint density at radius 3 is 2.94 bits per heavy atom. The van der Waals surface area contributed by atoms with Crippen LogP contribution in [0, 0.1) is 17.6 Å². The number of hydrogen-bond acceptors (Lipinski definition) is 2. The van der Waals surface area contributed by atoms with Crippen molar-refractivity contribution in [2.45, 2.75) is 25.3 Å². The number of nitrogens with two attached hydrogens (primary N) is 1. The summed E-state index contributed by atoms with van der Waals surface area (Å²) in [6, 6.07) is 3.14. The molecule has 0 spiro atoms. The fourth-order valence-corrected chi connectivity index (χ4v) is 2.44. The van der Waals surface area contributed by atoms with Crippen molar-refractivity contribution in [1.82, 2.24) is 5.32 Å². The Bertz CT molecular complexity index is 451. The molecule has 1 saturated heterocycles. The molecule has 2 unspecified atom stereocenters. The van der Waals surface area contributed by atoms with Gasteiger partial charge in [-0.1, -0.05) is 0 Å². The molecule has 1 aliphatic rings. The maximum absolute atomic E-state index is 13.5. The van der Waals surface area contributed by atoms with Crippen LogP contribution >= 0.6 is 0 Å². The van der Waals surface area contributed by atoms with E-state index in [9.17, 15) is 13.6 Å². The molecule has 98 valence electrons. The standard InChI is InChI=1S/C13H16F2N2O/c14-9-3-4-11(15)8(6-9)7-12-10(13(16)18)2-1-5-17-12/h3-4,6,10,12,17H,1-2,5,7H2,(H2,16,18). The summed E-state index contributed by atoms with van der Waals surface area (Å²) in [6.07, 6.45) is 1.84. The average molecular weight is 254 g/mol. The number of benzene rings is 1. The zero-order valence-electron chi connectivity index (χ0n) is 9.96. The third-order valence-corrected chi connectivity index (χ3v) is 3.40. The quantitative estimate of drug-likeness (QED) is 0.855. The summed E-state index contributed by atoms with van der Waals surface area (Å²) in [5.41, 5.74) is 5.61. The predicted molar refractivity (Wildman–Crippen MR) is 63.8 cm³/mol. The highest BCUT2D eigenvalue weighted by atomic mass is 19.1. The number of primary amides is 1. The van der Waals surface area contributed by atoms with Crippen molar-refractivity contribution in [3.63, 3.8) is 0 Å². The second-order valence-electron chi connectivity index (χ2n) is 4.65. The number of nitrogens with one attached hydrogen (secondary N) is 1. The number of carbonyl (C=O) groups is 1. The van der Waals surface area contributed by atoms with E-state index in [1.165, 1.54) is 6.07 Å². The summed E-state index contributed by atoms with van der Waals surface area (Å²) in [5, 5.41) is 3.16. The highest BCUT2D eigenvalue weighted by molar-refractivity contribution is 5.77. The molecule has 2 atom stereocenters. The minimum atomic E-state index is -0.474. The van der Waals surface area contributed by atoms with E-state index in [0.29, 0.717) is 6.42 Å². The molecule has 3 N–H and O–H groups in total. The van der Waals surface area contributed by atoms with E-state index in [4.69, 9.17) is 5.73 Å². The summed E-state index contributed by atoms with van der Waals surface area (Å²) in [7, 11) is 0. The van der Waals surface area contributed by atoms with Crippen molar-refractivity contribution < 1.29 is 13.6 Å². The number of amides is 1. The van der Waals surface area contributed by atoms with Crippen LogP contribution in [0.5, 0.6) is 0 Å². The molecule has 1 heterocycles. The maximum Gasteiger partial charge on any atom is 0.222 e. The number of rotatable bonds is 3. The topological polar surface area (TPSA) is 55.1 Å². The molecule has 2 rings (SSSR count). The molecule has 18 heavy (non-hydrogen) atoms. The van der Waals surface area contributed by atoms with Gasteiger partial charge in [0.2, 0.25) is 5.91 Å². The van der Waals surface area contributed by atoms with Crippen LogP contribution in [0.2, 0.25) is 0 Å². The lowest BCUT2D eigenvalue weighted by molar-refractivity contribution is -0.123. The maximum atomic E-state index is 13.5. The molecule has 0 bridgehead atoms. The first kappa shape index (κ1) is 13.0. The minimum Gasteiger partial charge on any atom is -0.369 e. The van der Waals surface area contributed by atoms with Gasteiger partial charge in [0.05, 0.1) is 5.92 Å². The summed E-state index contributed by atoms with van der Waals surface area (Å²) in [5.74, 6) is -1.63. The van der Waals surface area contributed by atoms with Crippen LogP contribution in [0.1, 0.15) is 18.4 Å². The second-order valence-corrected chi connectivity index (χ2v) is 4.65. The summed E-state index contributed by atoms with van der Waals surface area (Å²) >= 11 is 0. The van der Waals surface area contributed by atoms with Crippen LogP contribution in [0.4, 0.5) is 8.78 Å². The smallest absolute Gasteiger partial charge is 0.222 e. The largest absolute Gasteiger partial charge is 0.369 e. The van der Waals surface area contributed by atoms with Crippen molar-refractivity contribution in [1.29, 1.82) is 0 Å². The molecule has 0 aliphatic carbocycles. The first-order valence-corrected chi connectivity index (χ1v) is 6.04. The fraction of sp³-hybridized carbons (Fsp3) is 0.462. The molecule has 5 heteroatoms. The van der Waals surface area contributed by atoms with Gasteiger partial charge < -0.3 is 11.1 Å². The minimum absolute atomic E-state index is 0.215. The fourth-order valence-electron chi connectivity index (χ4n) is 2.44. The van der Waals surface area contributed by atoms with Gasteiger partial charge in [-0.25, -0.2) is 8.78 Å². The van der Waals surface area contributed by atoms with Crippen molar-refractivity contribution >= 4 is 5.91 Å². The summed E-state index contributed by atoms with van der Waals surface area (Å²) in [6.45, 7) is 0.769. The molecular formula is C13H16F2N2O. The zero-order chi connectivity index (χ0) is 13.1. The van der Waals surface area contributed by atoms with Crippen molar-refractivity contribution in [2.24, 2.45) is 11.7 Å². The normalized spacial score (nSPS) is 23.9. The highest BCUT2D eigenvalue weighted by Gasteiger charge is 2.29. The lowest BCUT2D eigenvalue weighted by atomic mass is 9.86. The first-order chi connectivity index (χ1) is 8.58. The molecule has 0 radical (unpaired) electrons. The van der Waals surface area contributed by atoms with Gasteiger partial charge in [-0.05, 0) is 49.6 Å². The van der Waals surface area contributed by atoms with E-state index in [2.05, 4.69) is 5.32 Å². The monoisotopic (exact) mass is 254 g/mol. The van der Waals surface area contributed by atoms with Crippen LogP contribution in [0.15, 0.2) is 18.2 Å². The number of piperidine rings is 1. The van der Waals surface area contributed by atoms with E-state index < -0.39 is 11.6 Å². The molecular weight excluding hydrogens is 238 g/mol. The van der Waals surface area contributed by atoms with Crippen molar-refractivity contribution in [3.05, 3.63) is 35.4 Å². The highest BCUT2D eigenvalue weighted by Crippen LogP contribution is 2.21. The van der Waals surface area contributed by atoms with Crippen LogP contribution < -0.4 is 11.1 Å². The van der Waals surface area contributed by atoms with E-state index >= 15 is 0 Å². The lowest BCUT2D eigenvalue weighted by Crippen LogP contribution is -2.48. The van der Waals surface area contributed by atoms with Gasteiger partial charge in [-0.15, -0.1) is 0 Å². The molecule has 3 nitrogen and oxygen atoms in total. The van der Waals surface area contributed by atoms with Gasteiger partial charge in [0.1, 0.15) is 11.6 Å². The number of carbonyl (C=O) groups excluding carboxylic acids is 1. The van der Waals surface area contributed by atoms with Crippen LogP contribution in [0.25, 0.3) is 0 Å². The average Bonchev–Trinajstić information content (AvgIpc) is 2.34. The molecule has 1 aromatic rings. The Morgan fingerprint density at radius 1 is 1.44 bits per heavy atom. The summed E-state index contributed by atoms with van der Waals surface area (Å²) in [4.78, 5) is 11.3. The van der Waals surface area contributed by atoms with Gasteiger partial charge in [0.15, 0.2) is 0 Å². The van der Waals surface area contributed by atoms with Crippen molar-refractivity contribution in [3.8, 4) is 0 Å². The molecule has 0 aromatic heterocycles. The first-order valence-electron chi connectivity index (χ1n) is 6.04.